The molecule has 3 aromatic heterocycles. The molecule has 5 nitrogen and oxygen atoms in total. The fourth-order valence-corrected chi connectivity index (χ4v) is 9.10. The number of para-hydroxylation sites is 4. The maximum atomic E-state index is 6.96. The molecule has 1 aliphatic rings. The van der Waals surface area contributed by atoms with Gasteiger partial charge in [0.2, 0.25) is 0 Å². The Morgan fingerprint density at radius 1 is 0.474 bits per heavy atom. The summed E-state index contributed by atoms with van der Waals surface area (Å²) in [5.41, 5.74) is 13.4. The molecule has 0 saturated heterocycles. The summed E-state index contributed by atoms with van der Waals surface area (Å²) in [6.45, 7) is 0. The molecule has 5 heteroatoms. The van der Waals surface area contributed by atoms with Crippen LogP contribution in [0, 0.1) is 0 Å². The number of furan rings is 2. The van der Waals surface area contributed by atoms with Gasteiger partial charge in [0, 0.05) is 56.1 Å². The molecule has 2 unspecified atom stereocenters. The molecule has 0 fully saturated rings. The van der Waals surface area contributed by atoms with Crippen LogP contribution in [0.2, 0.25) is 0 Å². The van der Waals surface area contributed by atoms with Gasteiger partial charge in [0.05, 0.1) is 16.7 Å². The summed E-state index contributed by atoms with van der Waals surface area (Å²) in [7, 11) is 0. The van der Waals surface area contributed by atoms with Crippen molar-refractivity contribution in [3.8, 4) is 16.8 Å². The van der Waals surface area contributed by atoms with Gasteiger partial charge in [0.15, 0.2) is 5.58 Å². The summed E-state index contributed by atoms with van der Waals surface area (Å²) in [4.78, 5) is 5.26. The number of hydrogen-bond acceptors (Lipinski definition) is 4. The van der Waals surface area contributed by atoms with Crippen molar-refractivity contribution in [2.45, 2.75) is 18.6 Å². The van der Waals surface area contributed by atoms with Gasteiger partial charge in [-0.3, -0.25) is 10.3 Å². The standard InChI is InChI=1S/C52H35N3O2/c1-3-13-32(14-4-1)43-31-44(33-15-5-2-6-16-33)54-52(53-43)35-26-28-40-39-27-25-34(29-48(39)56-49(40)30-35)36-19-11-20-41-42-21-12-24-47(51(42)57-50(36)41)55-45-22-9-7-17-37(45)38-18-8-10-23-46(38)55/h1-30,43,52-53H,31H2. The first-order chi connectivity index (χ1) is 28.2. The summed E-state index contributed by atoms with van der Waals surface area (Å²) in [5.74, 6) is 0. The van der Waals surface area contributed by atoms with E-state index < -0.39 is 0 Å². The highest BCUT2D eigenvalue weighted by molar-refractivity contribution is 6.15. The minimum Gasteiger partial charge on any atom is -0.456 e. The monoisotopic (exact) mass is 733 g/mol. The Morgan fingerprint density at radius 2 is 1.11 bits per heavy atom. The van der Waals surface area contributed by atoms with Crippen LogP contribution in [0.1, 0.15) is 35.3 Å². The van der Waals surface area contributed by atoms with E-state index in [4.69, 9.17) is 13.8 Å². The van der Waals surface area contributed by atoms with Crippen LogP contribution in [0.3, 0.4) is 0 Å². The third kappa shape index (κ3) is 5.10. The average Bonchev–Trinajstić information content (AvgIpc) is 3.96. The third-order valence-corrected chi connectivity index (χ3v) is 11.8. The lowest BCUT2D eigenvalue weighted by molar-refractivity contribution is 0.442. The third-order valence-electron chi connectivity index (χ3n) is 11.8. The number of nitrogens with zero attached hydrogens (tertiary/aromatic N) is 2. The SMILES string of the molecule is c1ccc(C2=NC(c3ccc4c(c3)oc3cc(-c5cccc6c5oc5c(-n7c8ccccc8c8ccccc87)cccc56)ccc34)NC(c3ccccc3)C2)cc1. The first kappa shape index (κ1) is 32.1. The van der Waals surface area contributed by atoms with Crippen molar-refractivity contribution >= 4 is 71.4 Å². The van der Waals surface area contributed by atoms with Crippen molar-refractivity contribution in [1.29, 1.82) is 0 Å². The summed E-state index contributed by atoms with van der Waals surface area (Å²) in [5, 5.41) is 10.6. The summed E-state index contributed by atoms with van der Waals surface area (Å²) >= 11 is 0. The van der Waals surface area contributed by atoms with E-state index in [1.807, 2.05) is 0 Å². The Bertz CT molecular complexity index is 3320. The number of nitrogens with one attached hydrogen (secondary N) is 1. The van der Waals surface area contributed by atoms with E-state index in [1.54, 1.807) is 0 Å². The Labute approximate surface area is 328 Å². The van der Waals surface area contributed by atoms with E-state index in [-0.39, 0.29) is 12.2 Å². The highest BCUT2D eigenvalue weighted by atomic mass is 16.3. The molecule has 0 bridgehead atoms. The second kappa shape index (κ2) is 12.7. The number of fused-ring (bicyclic) bond motifs is 9. The molecule has 1 aliphatic heterocycles. The first-order valence-corrected chi connectivity index (χ1v) is 19.6. The largest absolute Gasteiger partial charge is 0.456 e. The van der Waals surface area contributed by atoms with Crippen LogP contribution < -0.4 is 5.32 Å². The van der Waals surface area contributed by atoms with Crippen LogP contribution in [0.15, 0.2) is 196 Å². The molecule has 270 valence electrons. The van der Waals surface area contributed by atoms with Gasteiger partial charge in [-0.15, -0.1) is 0 Å². The minimum absolute atomic E-state index is 0.136. The summed E-state index contributed by atoms with van der Waals surface area (Å²) in [6, 6.07) is 64.5. The van der Waals surface area contributed by atoms with Gasteiger partial charge in [0.25, 0.3) is 0 Å². The van der Waals surface area contributed by atoms with E-state index in [0.717, 1.165) is 95.0 Å². The predicted octanol–water partition coefficient (Wildman–Crippen LogP) is 13.5. The van der Waals surface area contributed by atoms with Gasteiger partial charge in [-0.1, -0.05) is 146 Å². The van der Waals surface area contributed by atoms with Crippen molar-refractivity contribution in [2.75, 3.05) is 0 Å². The van der Waals surface area contributed by atoms with Crippen LogP contribution in [-0.4, -0.2) is 10.3 Å². The minimum atomic E-state index is -0.217. The molecule has 11 aromatic rings. The Kier molecular flexibility index (Phi) is 7.13. The topological polar surface area (TPSA) is 55.6 Å². The molecule has 0 saturated carbocycles. The zero-order valence-corrected chi connectivity index (χ0v) is 30.9. The maximum Gasteiger partial charge on any atom is 0.159 e. The van der Waals surface area contributed by atoms with Crippen LogP contribution in [0.5, 0.6) is 0 Å². The smallest absolute Gasteiger partial charge is 0.159 e. The number of aromatic nitrogens is 1. The fourth-order valence-electron chi connectivity index (χ4n) is 9.10. The molecular formula is C52H35N3O2. The van der Waals surface area contributed by atoms with Crippen LogP contribution in [-0.2, 0) is 0 Å². The summed E-state index contributed by atoms with van der Waals surface area (Å²) in [6.07, 6.45) is 0.602. The van der Waals surface area contributed by atoms with Crippen molar-refractivity contribution in [3.63, 3.8) is 0 Å². The van der Waals surface area contributed by atoms with Crippen molar-refractivity contribution in [3.05, 3.63) is 199 Å². The van der Waals surface area contributed by atoms with E-state index in [1.165, 1.54) is 16.3 Å². The van der Waals surface area contributed by atoms with Crippen LogP contribution in [0.25, 0.3) is 82.5 Å². The molecule has 1 N–H and O–H groups in total. The molecule has 12 rings (SSSR count). The first-order valence-electron chi connectivity index (χ1n) is 19.6. The lowest BCUT2D eigenvalue weighted by Gasteiger charge is -2.30. The number of rotatable bonds is 5. The Hall–Kier alpha value is -7.21. The molecule has 4 heterocycles. The van der Waals surface area contributed by atoms with Crippen LogP contribution in [0.4, 0.5) is 0 Å². The lowest BCUT2D eigenvalue weighted by Crippen LogP contribution is -2.33. The second-order valence-electron chi connectivity index (χ2n) is 15.1. The van der Waals surface area contributed by atoms with Gasteiger partial charge < -0.3 is 13.4 Å². The zero-order chi connectivity index (χ0) is 37.5. The molecule has 0 spiro atoms. The molecule has 2 atom stereocenters. The number of benzene rings is 8. The number of aliphatic imine (C=N–C) groups is 1. The molecule has 0 aliphatic carbocycles. The second-order valence-corrected chi connectivity index (χ2v) is 15.1. The Morgan fingerprint density at radius 3 is 1.88 bits per heavy atom. The molecule has 0 radical (unpaired) electrons. The van der Waals surface area contributed by atoms with Gasteiger partial charge in [-0.05, 0) is 58.7 Å². The highest BCUT2D eigenvalue weighted by Gasteiger charge is 2.27. The van der Waals surface area contributed by atoms with Crippen molar-refractivity contribution in [1.82, 2.24) is 9.88 Å². The van der Waals surface area contributed by atoms with Gasteiger partial charge in [0.1, 0.15) is 22.9 Å². The average molecular weight is 734 g/mol. The van der Waals surface area contributed by atoms with E-state index >= 15 is 0 Å². The highest BCUT2D eigenvalue weighted by Crippen LogP contribution is 2.42. The molecule has 0 amide bonds. The number of hydrogen-bond donors (Lipinski definition) is 1. The van der Waals surface area contributed by atoms with E-state index in [2.05, 4.69) is 192 Å². The molecule has 57 heavy (non-hydrogen) atoms. The molecule has 8 aromatic carbocycles. The van der Waals surface area contributed by atoms with E-state index in [0.29, 0.717) is 0 Å². The quantitative estimate of drug-likeness (QED) is 0.192. The summed E-state index contributed by atoms with van der Waals surface area (Å²) < 4.78 is 16.0. The predicted molar refractivity (Wildman–Crippen MR) is 233 cm³/mol. The maximum absolute atomic E-state index is 6.96. The molecular weight excluding hydrogens is 699 g/mol. The fraction of sp³-hybridized carbons (Fsp3) is 0.0577. The Balaban J connectivity index is 0.956. The van der Waals surface area contributed by atoms with Crippen molar-refractivity contribution < 1.29 is 8.83 Å². The van der Waals surface area contributed by atoms with Crippen LogP contribution >= 0.6 is 0 Å². The van der Waals surface area contributed by atoms with Gasteiger partial charge >= 0.3 is 0 Å². The van der Waals surface area contributed by atoms with E-state index in [9.17, 15) is 0 Å². The van der Waals surface area contributed by atoms with Gasteiger partial charge in [-0.2, -0.15) is 0 Å². The van der Waals surface area contributed by atoms with Gasteiger partial charge in [-0.25, -0.2) is 0 Å². The van der Waals surface area contributed by atoms with Crippen molar-refractivity contribution in [2.24, 2.45) is 4.99 Å². The zero-order valence-electron chi connectivity index (χ0n) is 30.9. The normalized spacial score (nSPS) is 16.0. The lowest BCUT2D eigenvalue weighted by atomic mass is 9.94.